The van der Waals surface area contributed by atoms with Gasteiger partial charge in [-0.1, -0.05) is 24.3 Å². The normalized spacial score (nSPS) is 10.4. The minimum absolute atomic E-state index is 0.140. The van der Waals surface area contributed by atoms with Crippen LogP contribution in [-0.2, 0) is 13.2 Å². The van der Waals surface area contributed by atoms with Gasteiger partial charge in [-0.05, 0) is 18.2 Å². The molecule has 0 radical (unpaired) electrons. The molecule has 2 N–H and O–H groups in total. The highest BCUT2D eigenvalue weighted by molar-refractivity contribution is 7.07. The summed E-state index contributed by atoms with van der Waals surface area (Å²) in [4.78, 5) is 18.5. The average Bonchev–Trinajstić information content (AvgIpc) is 3.26. The van der Waals surface area contributed by atoms with Crippen LogP contribution in [0.2, 0.25) is 0 Å². The van der Waals surface area contributed by atoms with E-state index in [2.05, 4.69) is 10.3 Å². The van der Waals surface area contributed by atoms with E-state index in [-0.39, 0.29) is 19.2 Å². The number of nitrogens with zero attached hydrogens (tertiary/aromatic N) is 2. The predicted molar refractivity (Wildman–Crippen MR) is 112 cm³/mol. The van der Waals surface area contributed by atoms with Gasteiger partial charge in [0.1, 0.15) is 18.1 Å². The summed E-state index contributed by atoms with van der Waals surface area (Å²) in [7, 11) is 1.59. The molecular formula is C21H23N3O4S. The van der Waals surface area contributed by atoms with Crippen molar-refractivity contribution in [2.24, 2.45) is 0 Å². The van der Waals surface area contributed by atoms with Crippen LogP contribution in [0.15, 0.2) is 59.4 Å². The van der Waals surface area contributed by atoms with Crippen molar-refractivity contribution in [1.82, 2.24) is 9.88 Å². The summed E-state index contributed by atoms with van der Waals surface area (Å²) in [5, 5.41) is 14.2. The van der Waals surface area contributed by atoms with E-state index < -0.39 is 0 Å². The Morgan fingerprint density at radius 1 is 1.24 bits per heavy atom. The van der Waals surface area contributed by atoms with Gasteiger partial charge < -0.3 is 24.8 Å². The van der Waals surface area contributed by atoms with Crippen molar-refractivity contribution in [3.63, 3.8) is 0 Å². The summed E-state index contributed by atoms with van der Waals surface area (Å²) in [6.45, 7) is 0.741. The third-order valence-electron chi connectivity index (χ3n) is 4.17. The minimum atomic E-state index is -0.318. The molecule has 0 atom stereocenters. The molecule has 0 aliphatic rings. The molecule has 8 heteroatoms. The Bertz CT molecular complexity index is 918. The maximum absolute atomic E-state index is 12.8. The van der Waals surface area contributed by atoms with Crippen LogP contribution in [-0.4, -0.2) is 41.3 Å². The summed E-state index contributed by atoms with van der Waals surface area (Å²) in [6, 6.07) is 14.3. The molecule has 152 valence electrons. The Morgan fingerprint density at radius 3 is 2.86 bits per heavy atom. The minimum Gasteiger partial charge on any atom is -0.496 e. The van der Waals surface area contributed by atoms with Crippen LogP contribution >= 0.6 is 11.3 Å². The first kappa shape index (κ1) is 20.6. The molecule has 0 saturated carbocycles. The van der Waals surface area contributed by atoms with Crippen LogP contribution in [0.5, 0.6) is 11.5 Å². The number of amides is 2. The van der Waals surface area contributed by atoms with E-state index in [4.69, 9.17) is 9.47 Å². The number of hydrogen-bond donors (Lipinski definition) is 2. The van der Waals surface area contributed by atoms with Crippen LogP contribution in [0.1, 0.15) is 11.3 Å². The second kappa shape index (κ2) is 10.4. The first-order chi connectivity index (χ1) is 14.2. The quantitative estimate of drug-likeness (QED) is 0.558. The van der Waals surface area contributed by atoms with Crippen LogP contribution in [0.25, 0.3) is 0 Å². The van der Waals surface area contributed by atoms with Crippen molar-refractivity contribution in [1.29, 1.82) is 0 Å². The largest absolute Gasteiger partial charge is 0.496 e. The Kier molecular flexibility index (Phi) is 7.43. The number of aliphatic hydroxyl groups excluding tert-OH is 1. The Morgan fingerprint density at radius 2 is 2.10 bits per heavy atom. The topological polar surface area (TPSA) is 83.9 Å². The highest BCUT2D eigenvalue weighted by Crippen LogP contribution is 2.21. The van der Waals surface area contributed by atoms with Gasteiger partial charge in [0.2, 0.25) is 0 Å². The number of hydrogen-bond acceptors (Lipinski definition) is 6. The number of carbonyl (C=O) groups excluding carboxylic acids is 1. The van der Waals surface area contributed by atoms with Gasteiger partial charge in [0.25, 0.3) is 0 Å². The van der Waals surface area contributed by atoms with E-state index in [1.807, 2.05) is 41.8 Å². The number of thiazole rings is 1. The van der Waals surface area contributed by atoms with Crippen molar-refractivity contribution in [3.05, 3.63) is 70.7 Å². The van der Waals surface area contributed by atoms with Gasteiger partial charge in [0, 0.05) is 29.2 Å². The molecule has 1 heterocycles. The van der Waals surface area contributed by atoms with Crippen molar-refractivity contribution in [2.45, 2.75) is 13.2 Å². The van der Waals surface area contributed by atoms with E-state index >= 15 is 0 Å². The van der Waals surface area contributed by atoms with Crippen molar-refractivity contribution in [3.8, 4) is 11.5 Å². The maximum atomic E-state index is 12.8. The van der Waals surface area contributed by atoms with Gasteiger partial charge in [-0.3, -0.25) is 0 Å². The van der Waals surface area contributed by atoms with Crippen LogP contribution in [0.4, 0.5) is 10.5 Å². The molecule has 0 fully saturated rings. The number of benzene rings is 2. The van der Waals surface area contributed by atoms with Gasteiger partial charge >= 0.3 is 6.03 Å². The van der Waals surface area contributed by atoms with Gasteiger partial charge in [-0.2, -0.15) is 0 Å². The number of methoxy groups -OCH3 is 1. The number of nitrogens with one attached hydrogen (secondary N) is 1. The van der Waals surface area contributed by atoms with Crippen molar-refractivity contribution >= 4 is 23.1 Å². The first-order valence-corrected chi connectivity index (χ1v) is 10.0. The summed E-state index contributed by atoms with van der Waals surface area (Å²) in [6.07, 6.45) is 0. The molecular weight excluding hydrogens is 390 g/mol. The number of carbonyl (C=O) groups is 1. The molecule has 7 nitrogen and oxygen atoms in total. The Balaban J connectivity index is 1.65. The zero-order chi connectivity index (χ0) is 20.5. The van der Waals surface area contributed by atoms with E-state index in [0.717, 1.165) is 11.3 Å². The van der Waals surface area contributed by atoms with E-state index in [9.17, 15) is 9.90 Å². The van der Waals surface area contributed by atoms with E-state index in [1.54, 1.807) is 24.8 Å². The maximum Gasteiger partial charge on any atom is 0.322 e. The molecule has 0 bridgehead atoms. The highest BCUT2D eigenvalue weighted by Gasteiger charge is 2.16. The fourth-order valence-electron chi connectivity index (χ4n) is 2.74. The summed E-state index contributed by atoms with van der Waals surface area (Å²) < 4.78 is 11.1. The first-order valence-electron chi connectivity index (χ1n) is 9.08. The summed E-state index contributed by atoms with van der Waals surface area (Å²) in [5.74, 6) is 1.33. The monoisotopic (exact) mass is 413 g/mol. The number of aliphatic hydroxyl groups is 1. The Labute approximate surface area is 173 Å². The van der Waals surface area contributed by atoms with Gasteiger partial charge in [-0.25, -0.2) is 9.78 Å². The number of aromatic nitrogens is 1. The van der Waals surface area contributed by atoms with Crippen molar-refractivity contribution < 1.29 is 19.4 Å². The molecule has 3 aromatic rings. The smallest absolute Gasteiger partial charge is 0.322 e. The number of ether oxygens (including phenoxy) is 2. The van der Waals surface area contributed by atoms with Crippen molar-refractivity contribution in [2.75, 3.05) is 25.6 Å². The second-order valence-corrected chi connectivity index (χ2v) is 6.90. The summed E-state index contributed by atoms with van der Waals surface area (Å²) in [5.41, 5.74) is 4.08. The molecule has 3 rings (SSSR count). The van der Waals surface area contributed by atoms with Gasteiger partial charge in [0.05, 0.1) is 31.5 Å². The Hall–Kier alpha value is -3.10. The van der Waals surface area contributed by atoms with Crippen LogP contribution in [0, 0.1) is 0 Å². The molecule has 0 spiro atoms. The third kappa shape index (κ3) is 5.94. The van der Waals surface area contributed by atoms with E-state index in [1.165, 1.54) is 16.2 Å². The third-order valence-corrected chi connectivity index (χ3v) is 4.80. The molecule has 2 aromatic carbocycles. The van der Waals surface area contributed by atoms with Crippen LogP contribution < -0.4 is 14.8 Å². The average molecular weight is 413 g/mol. The molecule has 0 aliphatic heterocycles. The molecule has 0 saturated heterocycles. The SMILES string of the molecule is COc1ccccc1CN(CCO)C(=O)Nc1cccc(OCc2cscn2)c1. The standard InChI is InChI=1S/C21H23N3O4S/c1-27-20-8-3-2-5-16(20)12-24(9-10-25)21(26)23-17-6-4-7-19(11-17)28-13-18-14-29-15-22-18/h2-8,11,14-15,25H,9-10,12-13H2,1H3,(H,23,26). The molecule has 29 heavy (non-hydrogen) atoms. The molecule has 0 unspecified atom stereocenters. The van der Waals surface area contributed by atoms with Crippen LogP contribution in [0.3, 0.4) is 0 Å². The lowest BCUT2D eigenvalue weighted by atomic mass is 10.2. The number of para-hydroxylation sites is 1. The van der Waals surface area contributed by atoms with Gasteiger partial charge in [0.15, 0.2) is 0 Å². The molecule has 0 aliphatic carbocycles. The lowest BCUT2D eigenvalue weighted by molar-refractivity contribution is 0.184. The fourth-order valence-corrected chi connectivity index (χ4v) is 3.29. The lowest BCUT2D eigenvalue weighted by Crippen LogP contribution is -2.36. The zero-order valence-electron chi connectivity index (χ0n) is 16.1. The lowest BCUT2D eigenvalue weighted by Gasteiger charge is -2.23. The van der Waals surface area contributed by atoms with E-state index in [0.29, 0.717) is 30.3 Å². The zero-order valence-corrected chi connectivity index (χ0v) is 16.9. The summed E-state index contributed by atoms with van der Waals surface area (Å²) >= 11 is 1.51. The second-order valence-electron chi connectivity index (χ2n) is 6.18. The number of rotatable bonds is 9. The molecule has 1 aromatic heterocycles. The number of anilines is 1. The highest BCUT2D eigenvalue weighted by atomic mass is 32.1. The predicted octanol–water partition coefficient (Wildman–Crippen LogP) is 3.76. The molecule has 2 amide bonds. The number of urea groups is 1. The van der Waals surface area contributed by atoms with Gasteiger partial charge in [-0.15, -0.1) is 11.3 Å². The fraction of sp³-hybridized carbons (Fsp3) is 0.238.